The number of nitrogen functional groups attached to an aromatic ring is 1. The normalized spacial score (nSPS) is 10.7. The molecule has 0 aromatic carbocycles. The van der Waals surface area contributed by atoms with Crippen LogP contribution in [0, 0.1) is 0 Å². The molecule has 7 heteroatoms. The van der Waals surface area contributed by atoms with Crippen LogP contribution < -0.4 is 22.3 Å². The molecule has 0 saturated carbocycles. The molecule has 6 nitrogen and oxygen atoms in total. The number of anilines is 2. The Labute approximate surface area is 120 Å². The molecule has 2 aromatic rings. The van der Waals surface area contributed by atoms with Gasteiger partial charge in [0, 0.05) is 18.0 Å². The number of hydrogen-bond acceptors (Lipinski definition) is 5. The zero-order valence-corrected chi connectivity index (χ0v) is 12.1. The third-order valence-corrected chi connectivity index (χ3v) is 3.87. The molecule has 0 amide bonds. The van der Waals surface area contributed by atoms with Crippen molar-refractivity contribution >= 4 is 22.8 Å². The highest BCUT2D eigenvalue weighted by atomic mass is 32.1. The molecule has 0 atom stereocenters. The Balaban J connectivity index is 2.27. The molecule has 108 valence electrons. The molecule has 4 N–H and O–H groups in total. The second kappa shape index (κ2) is 6.42. The zero-order valence-electron chi connectivity index (χ0n) is 11.3. The summed E-state index contributed by atoms with van der Waals surface area (Å²) in [6, 6.07) is 3.91. The van der Waals surface area contributed by atoms with E-state index in [1.54, 1.807) is 11.3 Å². The number of H-pyrrole nitrogens is 1. The van der Waals surface area contributed by atoms with Crippen LogP contribution in [0.2, 0.25) is 0 Å². The summed E-state index contributed by atoms with van der Waals surface area (Å²) in [6.45, 7) is 3.05. The number of nitrogens with zero attached hydrogens (tertiary/aromatic N) is 1. The molecule has 0 aliphatic rings. The summed E-state index contributed by atoms with van der Waals surface area (Å²) < 4.78 is 1.40. The van der Waals surface area contributed by atoms with Gasteiger partial charge in [0.1, 0.15) is 11.5 Å². The van der Waals surface area contributed by atoms with Gasteiger partial charge in [-0.3, -0.25) is 14.3 Å². The molecule has 0 bridgehead atoms. The van der Waals surface area contributed by atoms with Crippen molar-refractivity contribution in [3.63, 3.8) is 0 Å². The van der Waals surface area contributed by atoms with Gasteiger partial charge in [0.2, 0.25) is 0 Å². The number of hydrogen-bond donors (Lipinski definition) is 3. The SMILES string of the molecule is CCCCn1c(N)c(NCc2cccs2)c(=O)[nH]c1=O. The van der Waals surface area contributed by atoms with Crippen molar-refractivity contribution in [2.24, 2.45) is 0 Å². The molecule has 0 aliphatic carbocycles. The molecule has 0 fully saturated rings. The Morgan fingerprint density at radius 2 is 2.25 bits per heavy atom. The van der Waals surface area contributed by atoms with Crippen LogP contribution in [0.3, 0.4) is 0 Å². The molecule has 0 unspecified atom stereocenters. The smallest absolute Gasteiger partial charge is 0.330 e. The van der Waals surface area contributed by atoms with Crippen LogP contribution in [-0.2, 0) is 13.1 Å². The lowest BCUT2D eigenvalue weighted by Crippen LogP contribution is -2.34. The third kappa shape index (κ3) is 3.11. The van der Waals surface area contributed by atoms with Crippen LogP contribution in [0.1, 0.15) is 24.6 Å². The van der Waals surface area contributed by atoms with E-state index in [-0.39, 0.29) is 11.5 Å². The van der Waals surface area contributed by atoms with Crippen molar-refractivity contribution in [3.8, 4) is 0 Å². The minimum absolute atomic E-state index is 0.198. The number of aromatic nitrogens is 2. The van der Waals surface area contributed by atoms with Crippen molar-refractivity contribution in [1.82, 2.24) is 9.55 Å². The van der Waals surface area contributed by atoms with Gasteiger partial charge >= 0.3 is 5.69 Å². The fourth-order valence-corrected chi connectivity index (χ4v) is 2.53. The molecule has 0 spiro atoms. The Morgan fingerprint density at radius 3 is 2.90 bits per heavy atom. The highest BCUT2D eigenvalue weighted by Crippen LogP contribution is 2.14. The van der Waals surface area contributed by atoms with Gasteiger partial charge in [0.15, 0.2) is 0 Å². The molecule has 2 aromatic heterocycles. The number of thiophene rings is 1. The fraction of sp³-hybridized carbons (Fsp3) is 0.385. The predicted octanol–water partition coefficient (Wildman–Crippen LogP) is 1.59. The molecular formula is C13H18N4O2S. The monoisotopic (exact) mass is 294 g/mol. The Bertz CT molecular complexity index is 673. The summed E-state index contributed by atoms with van der Waals surface area (Å²) in [4.78, 5) is 27.0. The van der Waals surface area contributed by atoms with Crippen LogP contribution in [0.15, 0.2) is 27.1 Å². The number of aromatic amines is 1. The van der Waals surface area contributed by atoms with Crippen molar-refractivity contribution < 1.29 is 0 Å². The molecule has 20 heavy (non-hydrogen) atoms. The summed E-state index contributed by atoms with van der Waals surface area (Å²) in [5, 5.41) is 4.97. The first-order valence-corrected chi connectivity index (χ1v) is 7.40. The topological polar surface area (TPSA) is 92.9 Å². The maximum atomic E-state index is 11.8. The maximum absolute atomic E-state index is 11.8. The van der Waals surface area contributed by atoms with Gasteiger partial charge in [-0.2, -0.15) is 0 Å². The summed E-state index contributed by atoms with van der Waals surface area (Å²) in [5.74, 6) is 0.198. The van der Waals surface area contributed by atoms with E-state index >= 15 is 0 Å². The Morgan fingerprint density at radius 1 is 1.45 bits per heavy atom. The minimum atomic E-state index is -0.475. The van der Waals surface area contributed by atoms with Crippen LogP contribution in [0.4, 0.5) is 11.5 Å². The summed E-state index contributed by atoms with van der Waals surface area (Å²) in [7, 11) is 0. The molecule has 0 saturated heterocycles. The number of rotatable bonds is 6. The van der Waals surface area contributed by atoms with Crippen molar-refractivity contribution in [2.75, 3.05) is 11.1 Å². The average Bonchev–Trinajstić information content (AvgIpc) is 2.91. The predicted molar refractivity (Wildman–Crippen MR) is 82.3 cm³/mol. The molecule has 2 heterocycles. The zero-order chi connectivity index (χ0) is 14.5. The van der Waals surface area contributed by atoms with Crippen LogP contribution in [0.5, 0.6) is 0 Å². The first-order valence-electron chi connectivity index (χ1n) is 6.52. The Kier molecular flexibility index (Phi) is 4.62. The average molecular weight is 294 g/mol. The van der Waals surface area contributed by atoms with E-state index in [4.69, 9.17) is 5.73 Å². The maximum Gasteiger partial charge on any atom is 0.330 e. The molecule has 0 radical (unpaired) electrons. The van der Waals surface area contributed by atoms with E-state index in [0.29, 0.717) is 13.1 Å². The lowest BCUT2D eigenvalue weighted by Gasteiger charge is -2.13. The fourth-order valence-electron chi connectivity index (χ4n) is 1.89. The van der Waals surface area contributed by atoms with Gasteiger partial charge in [-0.1, -0.05) is 19.4 Å². The van der Waals surface area contributed by atoms with Crippen LogP contribution in [-0.4, -0.2) is 9.55 Å². The molecule has 0 aliphatic heterocycles. The molecule has 2 rings (SSSR count). The van der Waals surface area contributed by atoms with E-state index in [2.05, 4.69) is 10.3 Å². The third-order valence-electron chi connectivity index (χ3n) is 2.99. The minimum Gasteiger partial charge on any atom is -0.383 e. The van der Waals surface area contributed by atoms with Gasteiger partial charge in [-0.05, 0) is 17.9 Å². The van der Waals surface area contributed by atoms with Gasteiger partial charge in [0.25, 0.3) is 5.56 Å². The van der Waals surface area contributed by atoms with Gasteiger partial charge < -0.3 is 11.1 Å². The van der Waals surface area contributed by atoms with E-state index in [1.165, 1.54) is 4.57 Å². The van der Waals surface area contributed by atoms with Crippen molar-refractivity contribution in [1.29, 1.82) is 0 Å². The molecular weight excluding hydrogens is 276 g/mol. The second-order valence-corrected chi connectivity index (χ2v) is 5.49. The summed E-state index contributed by atoms with van der Waals surface area (Å²) >= 11 is 1.59. The second-order valence-electron chi connectivity index (χ2n) is 4.46. The number of nitrogens with one attached hydrogen (secondary N) is 2. The largest absolute Gasteiger partial charge is 0.383 e. The standard InChI is InChI=1S/C13H18N4O2S/c1-2-3-6-17-11(14)10(12(18)16-13(17)19)15-8-9-5-4-7-20-9/h4-5,7,15H,2-3,6,8,14H2,1H3,(H,16,18,19). The highest BCUT2D eigenvalue weighted by Gasteiger charge is 2.11. The van der Waals surface area contributed by atoms with Crippen molar-refractivity contribution in [3.05, 3.63) is 43.2 Å². The van der Waals surface area contributed by atoms with E-state index < -0.39 is 11.2 Å². The van der Waals surface area contributed by atoms with E-state index in [0.717, 1.165) is 17.7 Å². The lowest BCUT2D eigenvalue weighted by atomic mass is 10.3. The summed E-state index contributed by atoms with van der Waals surface area (Å²) in [5.41, 5.74) is 5.28. The first-order chi connectivity index (χ1) is 9.63. The van der Waals surface area contributed by atoms with Crippen LogP contribution in [0.25, 0.3) is 0 Å². The van der Waals surface area contributed by atoms with E-state index in [1.807, 2.05) is 24.4 Å². The van der Waals surface area contributed by atoms with Crippen molar-refractivity contribution in [2.45, 2.75) is 32.9 Å². The number of unbranched alkanes of at least 4 members (excludes halogenated alkanes) is 1. The quantitative estimate of drug-likeness (QED) is 0.754. The summed E-state index contributed by atoms with van der Waals surface area (Å²) in [6.07, 6.45) is 1.78. The lowest BCUT2D eigenvalue weighted by molar-refractivity contribution is 0.605. The Hall–Kier alpha value is -2.02. The van der Waals surface area contributed by atoms with E-state index in [9.17, 15) is 9.59 Å². The first kappa shape index (κ1) is 14.4. The highest BCUT2D eigenvalue weighted by molar-refractivity contribution is 7.09. The van der Waals surface area contributed by atoms with Crippen LogP contribution >= 0.6 is 11.3 Å². The van der Waals surface area contributed by atoms with Gasteiger partial charge in [0.05, 0.1) is 0 Å². The van der Waals surface area contributed by atoms with Gasteiger partial charge in [-0.15, -0.1) is 11.3 Å². The number of nitrogens with two attached hydrogens (primary N) is 1. The van der Waals surface area contributed by atoms with Gasteiger partial charge in [-0.25, -0.2) is 4.79 Å².